The van der Waals surface area contributed by atoms with Crippen LogP contribution in [-0.2, 0) is 14.2 Å². The van der Waals surface area contributed by atoms with Crippen LogP contribution >= 0.6 is 0 Å². The molecule has 1 amide bonds. The molecule has 2 fully saturated rings. The van der Waals surface area contributed by atoms with Gasteiger partial charge in [0.2, 0.25) is 0 Å². The van der Waals surface area contributed by atoms with Crippen molar-refractivity contribution in [3.8, 4) is 0 Å². The first-order chi connectivity index (χ1) is 12.7. The van der Waals surface area contributed by atoms with Crippen molar-refractivity contribution in [1.29, 1.82) is 0 Å². The van der Waals surface area contributed by atoms with Crippen molar-refractivity contribution in [3.05, 3.63) is 0 Å². The largest absolute Gasteiger partial charge is 0.450 e. The highest BCUT2D eigenvalue weighted by molar-refractivity contribution is 5.80. The zero-order valence-electron chi connectivity index (χ0n) is 16.2. The second-order valence-corrected chi connectivity index (χ2v) is 6.44. The summed E-state index contributed by atoms with van der Waals surface area (Å²) in [6.45, 7) is 11.1. The molecule has 0 radical (unpaired) electrons. The summed E-state index contributed by atoms with van der Waals surface area (Å²) in [7, 11) is 0. The molecule has 0 saturated carbocycles. The Labute approximate surface area is 156 Å². The van der Waals surface area contributed by atoms with Gasteiger partial charge in [-0.3, -0.25) is 4.99 Å². The first kappa shape index (κ1) is 20.8. The summed E-state index contributed by atoms with van der Waals surface area (Å²) in [4.78, 5) is 20.5. The topological polar surface area (TPSA) is 75.6 Å². The Kier molecular flexibility index (Phi) is 9.55. The monoisotopic (exact) mass is 370 g/mol. The Morgan fingerprint density at radius 3 is 2.50 bits per heavy atom. The van der Waals surface area contributed by atoms with E-state index >= 15 is 0 Å². The van der Waals surface area contributed by atoms with E-state index in [2.05, 4.69) is 17.1 Å². The van der Waals surface area contributed by atoms with E-state index < -0.39 is 0 Å². The molecule has 0 aliphatic carbocycles. The number of hydrogen-bond donors (Lipinski definition) is 1. The quantitative estimate of drug-likeness (QED) is 0.414. The van der Waals surface area contributed by atoms with E-state index in [-0.39, 0.29) is 6.09 Å². The van der Waals surface area contributed by atoms with Gasteiger partial charge in [-0.05, 0) is 33.1 Å². The van der Waals surface area contributed by atoms with Crippen LogP contribution in [0.15, 0.2) is 4.99 Å². The highest BCUT2D eigenvalue weighted by atomic mass is 16.6. The Bertz CT molecular complexity index is 433. The number of carbonyl (C=O) groups excluding carboxylic acids is 1. The molecule has 0 atom stereocenters. The second-order valence-electron chi connectivity index (χ2n) is 6.44. The Morgan fingerprint density at radius 2 is 1.85 bits per heavy atom. The van der Waals surface area contributed by atoms with Crippen LogP contribution in [0.2, 0.25) is 0 Å². The summed E-state index contributed by atoms with van der Waals surface area (Å²) in [6, 6.07) is 0. The van der Waals surface area contributed by atoms with Crippen LogP contribution in [0.3, 0.4) is 0 Å². The Balaban J connectivity index is 1.69. The maximum atomic E-state index is 11.8. The molecule has 26 heavy (non-hydrogen) atoms. The summed E-state index contributed by atoms with van der Waals surface area (Å²) >= 11 is 0. The molecule has 0 bridgehead atoms. The van der Waals surface area contributed by atoms with Crippen LogP contribution in [0.5, 0.6) is 0 Å². The summed E-state index contributed by atoms with van der Waals surface area (Å²) < 4.78 is 16.3. The molecule has 2 aliphatic heterocycles. The molecule has 1 N–H and O–H groups in total. The standard InChI is InChI=1S/C18H34N4O4/c1-3-19-17(20-8-5-13-26-16-6-14-24-15-7-16)21-9-11-22(12-10-21)18(23)25-4-2/h16H,3-15H2,1-2H3,(H,19,20). The summed E-state index contributed by atoms with van der Waals surface area (Å²) in [5.74, 6) is 0.919. The van der Waals surface area contributed by atoms with Crippen LogP contribution in [0, 0.1) is 0 Å². The Morgan fingerprint density at radius 1 is 1.15 bits per heavy atom. The van der Waals surface area contributed by atoms with Crippen LogP contribution in [0.4, 0.5) is 4.79 Å². The first-order valence-electron chi connectivity index (χ1n) is 9.88. The lowest BCUT2D eigenvalue weighted by atomic mass is 10.1. The number of aliphatic imine (C=N–C) groups is 1. The van der Waals surface area contributed by atoms with Crippen molar-refractivity contribution >= 4 is 12.1 Å². The van der Waals surface area contributed by atoms with Gasteiger partial charge in [0, 0.05) is 59.1 Å². The molecule has 2 saturated heterocycles. The van der Waals surface area contributed by atoms with Gasteiger partial charge >= 0.3 is 6.09 Å². The van der Waals surface area contributed by atoms with Crippen molar-refractivity contribution in [2.24, 2.45) is 4.99 Å². The molecule has 2 heterocycles. The normalized spacial score (nSPS) is 19.5. The van der Waals surface area contributed by atoms with Gasteiger partial charge in [0.1, 0.15) is 0 Å². The molecule has 8 nitrogen and oxygen atoms in total. The van der Waals surface area contributed by atoms with E-state index in [0.717, 1.165) is 71.2 Å². The molecule has 2 aliphatic rings. The fourth-order valence-corrected chi connectivity index (χ4v) is 3.08. The molecule has 0 aromatic heterocycles. The number of hydrogen-bond acceptors (Lipinski definition) is 5. The van der Waals surface area contributed by atoms with E-state index in [1.165, 1.54) is 0 Å². The summed E-state index contributed by atoms with van der Waals surface area (Å²) in [5, 5.41) is 3.35. The minimum Gasteiger partial charge on any atom is -0.450 e. The fraction of sp³-hybridized carbons (Fsp3) is 0.889. The molecule has 0 aromatic carbocycles. The third-order valence-electron chi connectivity index (χ3n) is 4.53. The van der Waals surface area contributed by atoms with E-state index in [9.17, 15) is 4.79 Å². The fourth-order valence-electron chi connectivity index (χ4n) is 3.08. The predicted octanol–water partition coefficient (Wildman–Crippen LogP) is 1.31. The highest BCUT2D eigenvalue weighted by Crippen LogP contribution is 2.10. The maximum absolute atomic E-state index is 11.8. The number of piperazine rings is 1. The molecular weight excluding hydrogens is 336 g/mol. The highest BCUT2D eigenvalue weighted by Gasteiger charge is 2.23. The third-order valence-corrected chi connectivity index (χ3v) is 4.53. The zero-order valence-corrected chi connectivity index (χ0v) is 16.2. The number of rotatable bonds is 7. The molecule has 2 rings (SSSR count). The molecule has 0 unspecified atom stereocenters. The third kappa shape index (κ3) is 6.99. The summed E-state index contributed by atoms with van der Waals surface area (Å²) in [6.07, 6.45) is 3.03. The Hall–Kier alpha value is -1.54. The number of nitrogens with zero attached hydrogens (tertiary/aromatic N) is 3. The number of amides is 1. The van der Waals surface area contributed by atoms with Crippen LogP contribution in [-0.4, -0.2) is 93.7 Å². The van der Waals surface area contributed by atoms with Crippen molar-refractivity contribution in [1.82, 2.24) is 15.1 Å². The van der Waals surface area contributed by atoms with Crippen LogP contribution in [0.1, 0.15) is 33.1 Å². The number of nitrogens with one attached hydrogen (secondary N) is 1. The average Bonchev–Trinajstić information content (AvgIpc) is 2.68. The second kappa shape index (κ2) is 12.0. The van der Waals surface area contributed by atoms with E-state index in [1.807, 2.05) is 6.92 Å². The number of carbonyl (C=O) groups is 1. The maximum Gasteiger partial charge on any atom is 0.409 e. The SMILES string of the molecule is CCNC(=NCCCOC1CCOCC1)N1CCN(C(=O)OCC)CC1. The molecule has 0 aromatic rings. The average molecular weight is 370 g/mol. The lowest BCUT2D eigenvalue weighted by molar-refractivity contribution is -0.0318. The zero-order chi connectivity index (χ0) is 18.6. The van der Waals surface area contributed by atoms with E-state index in [0.29, 0.717) is 25.8 Å². The van der Waals surface area contributed by atoms with Gasteiger partial charge in [0.15, 0.2) is 5.96 Å². The molecule has 8 heteroatoms. The van der Waals surface area contributed by atoms with Gasteiger partial charge in [0.05, 0.1) is 12.7 Å². The van der Waals surface area contributed by atoms with Gasteiger partial charge < -0.3 is 29.3 Å². The lowest BCUT2D eigenvalue weighted by Crippen LogP contribution is -2.53. The van der Waals surface area contributed by atoms with Gasteiger partial charge in [-0.1, -0.05) is 0 Å². The molecular formula is C18H34N4O4. The van der Waals surface area contributed by atoms with Crippen LogP contribution in [0.25, 0.3) is 0 Å². The smallest absolute Gasteiger partial charge is 0.409 e. The first-order valence-corrected chi connectivity index (χ1v) is 9.88. The minimum absolute atomic E-state index is 0.223. The number of guanidine groups is 1. The summed E-state index contributed by atoms with van der Waals surface area (Å²) in [5.41, 5.74) is 0. The van der Waals surface area contributed by atoms with Crippen LogP contribution < -0.4 is 5.32 Å². The van der Waals surface area contributed by atoms with Gasteiger partial charge in [-0.2, -0.15) is 0 Å². The van der Waals surface area contributed by atoms with Crippen molar-refractivity contribution in [2.45, 2.75) is 39.2 Å². The van der Waals surface area contributed by atoms with E-state index in [4.69, 9.17) is 19.2 Å². The van der Waals surface area contributed by atoms with Crippen molar-refractivity contribution in [2.75, 3.05) is 65.7 Å². The van der Waals surface area contributed by atoms with Crippen molar-refractivity contribution in [3.63, 3.8) is 0 Å². The van der Waals surface area contributed by atoms with Crippen molar-refractivity contribution < 1.29 is 19.0 Å². The lowest BCUT2D eigenvalue weighted by Gasteiger charge is -2.35. The van der Waals surface area contributed by atoms with Gasteiger partial charge in [0.25, 0.3) is 0 Å². The van der Waals surface area contributed by atoms with Gasteiger partial charge in [-0.25, -0.2) is 4.79 Å². The molecule has 0 spiro atoms. The number of ether oxygens (including phenoxy) is 3. The molecule has 150 valence electrons. The predicted molar refractivity (Wildman–Crippen MR) is 101 cm³/mol. The van der Waals surface area contributed by atoms with Gasteiger partial charge in [-0.15, -0.1) is 0 Å². The minimum atomic E-state index is -0.223. The van der Waals surface area contributed by atoms with E-state index in [1.54, 1.807) is 4.90 Å².